The van der Waals surface area contributed by atoms with E-state index in [4.69, 9.17) is 38.6 Å². The van der Waals surface area contributed by atoms with Gasteiger partial charge in [0.15, 0.2) is 17.5 Å². The van der Waals surface area contributed by atoms with Crippen molar-refractivity contribution in [2.45, 2.75) is 0 Å². The van der Waals surface area contributed by atoms with Crippen LogP contribution < -0.4 is 0 Å². The largest absolute Gasteiger partial charge is 0.455 e. The highest BCUT2D eigenvalue weighted by molar-refractivity contribution is 7.26. The van der Waals surface area contributed by atoms with Crippen molar-refractivity contribution in [3.05, 3.63) is 254 Å². The van der Waals surface area contributed by atoms with Crippen molar-refractivity contribution < 1.29 is 26.3 Å². The molecule has 0 amide bonds. The summed E-state index contributed by atoms with van der Waals surface area (Å²) in [5, 5.41) is 4.21. The number of rotatable bonds is 8. The van der Waals surface area contributed by atoms with E-state index in [1.807, 2.05) is 48.5 Å². The van der Waals surface area contributed by atoms with E-state index in [1.165, 1.54) is 10.6 Å². The Kier molecular flexibility index (Phi) is 6.92. The van der Waals surface area contributed by atoms with E-state index in [2.05, 4.69) is 54.6 Å². The Hall–Kier alpha value is -9.75. The molecule has 0 aliphatic heterocycles. The van der Waals surface area contributed by atoms with Crippen LogP contribution in [0.5, 0.6) is 0 Å². The normalized spacial score (nSPS) is 14.7. The minimum atomic E-state index is -0.682. The van der Waals surface area contributed by atoms with Crippen LogP contribution >= 0.6 is 11.3 Å². The number of aromatic nitrogens is 4. The molecule has 6 heteroatoms. The Labute approximate surface area is 458 Å². The fourth-order valence-corrected chi connectivity index (χ4v) is 11.3. The van der Waals surface area contributed by atoms with Gasteiger partial charge < -0.3 is 8.98 Å². The van der Waals surface area contributed by atoms with Crippen LogP contribution in [-0.2, 0) is 0 Å². The maximum absolute atomic E-state index is 9.29. The smallest absolute Gasteiger partial charge is 0.166 e. The van der Waals surface area contributed by atoms with Crippen LogP contribution in [-0.4, -0.2) is 19.5 Å². The van der Waals surface area contributed by atoms with Gasteiger partial charge >= 0.3 is 0 Å². The summed E-state index contributed by atoms with van der Waals surface area (Å²) in [6.07, 6.45) is 0. The van der Waals surface area contributed by atoms with Crippen molar-refractivity contribution in [1.29, 1.82) is 0 Å². The average molecular weight is 991 g/mol. The first-order chi connectivity index (χ1) is 43.8. The number of hydrogen-bond acceptors (Lipinski definition) is 5. The first-order valence-electron chi connectivity index (χ1n) is 31.9. The summed E-state index contributed by atoms with van der Waals surface area (Å²) in [5.41, 5.74) is 6.37. The molecule has 0 radical (unpaired) electrons. The second-order valence-corrected chi connectivity index (χ2v) is 18.9. The molecule has 0 atom stereocenters. The van der Waals surface area contributed by atoms with E-state index in [0.717, 1.165) is 64.4 Å². The fourth-order valence-electron chi connectivity index (χ4n) is 10.1. The third-order valence-corrected chi connectivity index (χ3v) is 14.8. The molecule has 350 valence electrons. The average Bonchev–Trinajstić information content (AvgIpc) is 1.67. The van der Waals surface area contributed by atoms with Gasteiger partial charge in [0.05, 0.1) is 38.7 Å². The second-order valence-electron chi connectivity index (χ2n) is 17.8. The number of fused-ring (bicyclic) bond motifs is 9. The molecule has 15 rings (SSSR count). The van der Waals surface area contributed by atoms with Crippen molar-refractivity contribution in [3.63, 3.8) is 0 Å². The van der Waals surface area contributed by atoms with Gasteiger partial charge in [0, 0.05) is 64.0 Å². The lowest BCUT2D eigenvalue weighted by molar-refractivity contribution is 0.670. The van der Waals surface area contributed by atoms with Crippen molar-refractivity contribution >= 4 is 75.3 Å². The molecule has 5 nitrogen and oxygen atoms in total. The maximum Gasteiger partial charge on any atom is 0.166 e. The highest BCUT2D eigenvalue weighted by Crippen LogP contribution is 2.44. The van der Waals surface area contributed by atoms with Gasteiger partial charge in [-0.2, -0.15) is 0 Å². The maximum atomic E-state index is 9.29. The zero-order valence-corrected chi connectivity index (χ0v) is 39.9. The van der Waals surface area contributed by atoms with Gasteiger partial charge in [0.1, 0.15) is 11.2 Å². The van der Waals surface area contributed by atoms with Gasteiger partial charge in [-0.1, -0.05) is 206 Å². The van der Waals surface area contributed by atoms with E-state index in [-0.39, 0.29) is 74.2 Å². The third kappa shape index (κ3) is 7.25. The third-order valence-electron chi connectivity index (χ3n) is 13.6. The van der Waals surface area contributed by atoms with Crippen molar-refractivity contribution in [1.82, 2.24) is 19.5 Å². The molecule has 0 fully saturated rings. The van der Waals surface area contributed by atoms with Crippen molar-refractivity contribution in [2.75, 3.05) is 0 Å². The minimum absolute atomic E-state index is 0.00286. The molecule has 0 saturated heterocycles. The first-order valence-corrected chi connectivity index (χ1v) is 24.7. The number of furan rings is 1. The highest BCUT2D eigenvalue weighted by Gasteiger charge is 2.21. The molecule has 15 aromatic rings. The van der Waals surface area contributed by atoms with E-state index < -0.39 is 89.7 Å². The summed E-state index contributed by atoms with van der Waals surface area (Å²) in [7, 11) is 0. The lowest BCUT2D eigenvalue weighted by atomic mass is 9.98. The van der Waals surface area contributed by atoms with Gasteiger partial charge in [-0.15, -0.1) is 11.3 Å². The summed E-state index contributed by atoms with van der Waals surface area (Å²) in [4.78, 5) is 15.4. The summed E-state index contributed by atoms with van der Waals surface area (Å²) >= 11 is 1.68. The van der Waals surface area contributed by atoms with E-state index in [9.17, 15) is 2.74 Å². The van der Waals surface area contributed by atoms with E-state index >= 15 is 0 Å². The minimum Gasteiger partial charge on any atom is -0.455 e. The molecular formula is C69H42N4OS. The first kappa shape index (κ1) is 29.7. The Morgan fingerprint density at radius 2 is 0.960 bits per heavy atom. The lowest BCUT2D eigenvalue weighted by Gasteiger charge is -2.15. The van der Waals surface area contributed by atoms with E-state index in [0.29, 0.717) is 16.7 Å². The molecule has 0 saturated carbocycles. The molecule has 0 aliphatic carbocycles. The number of nitrogens with zero attached hydrogens (tertiary/aromatic N) is 4. The zero-order chi connectivity index (χ0) is 63.3. The number of thiophene rings is 1. The summed E-state index contributed by atoms with van der Waals surface area (Å²) in [6, 6.07) is 40.9. The van der Waals surface area contributed by atoms with Crippen LogP contribution in [0.1, 0.15) is 21.9 Å². The summed E-state index contributed by atoms with van der Waals surface area (Å²) < 4.78 is 151. The van der Waals surface area contributed by atoms with Crippen LogP contribution in [0.4, 0.5) is 0 Å². The Balaban J connectivity index is 0.897. The summed E-state index contributed by atoms with van der Waals surface area (Å²) in [6.45, 7) is 0. The molecular weight excluding hydrogens is 933 g/mol. The number of hydrogen-bond donors (Lipinski definition) is 0. The lowest BCUT2D eigenvalue weighted by Crippen LogP contribution is -2.03. The zero-order valence-electron chi connectivity index (χ0n) is 55.1. The Morgan fingerprint density at radius 1 is 0.360 bits per heavy atom. The molecule has 0 bridgehead atoms. The van der Waals surface area contributed by atoms with Crippen LogP contribution in [0.2, 0.25) is 0 Å². The van der Waals surface area contributed by atoms with Crippen LogP contribution in [0, 0.1) is 0 Å². The van der Waals surface area contributed by atoms with Crippen LogP contribution in [0.25, 0.3) is 148 Å². The van der Waals surface area contributed by atoms with Gasteiger partial charge in [-0.3, -0.25) is 0 Å². The standard InChI is InChI=1S/C69H42N4OS/c1-2-15-43(16-3-1)44-31-33-45(34-32-44)46-35-37-47(38-36-46)67-70-68(72-69(71-67)58-22-6-10-29-62(58)73-60-27-8-4-19-53(60)54-20-5-9-28-61(54)73)50-18-12-17-48(41-50)52-24-14-26-57-59-42-49(39-40-64(59)75-66(52)57)51-23-13-25-56-55-21-7-11-30-63(55)74-65(51)56/h1-42H/i1D,2D,3D,4D,5D,8D,15D,16D,19D,20D,27D,28D,31D,32D,33D,34D. The molecule has 0 N–H and O–H groups in total. The Bertz CT molecular complexity index is 5650. The van der Waals surface area contributed by atoms with Gasteiger partial charge in [-0.25, -0.2) is 15.0 Å². The van der Waals surface area contributed by atoms with Crippen LogP contribution in [0.3, 0.4) is 0 Å². The molecule has 75 heavy (non-hydrogen) atoms. The van der Waals surface area contributed by atoms with Crippen molar-refractivity contribution in [3.8, 4) is 84.4 Å². The molecule has 0 aliphatic rings. The van der Waals surface area contributed by atoms with Gasteiger partial charge in [-0.05, 0) is 87.4 Å². The fraction of sp³-hybridized carbons (Fsp3) is 0. The Morgan fingerprint density at radius 3 is 1.83 bits per heavy atom. The second kappa shape index (κ2) is 17.5. The van der Waals surface area contributed by atoms with Gasteiger partial charge in [0.2, 0.25) is 0 Å². The summed E-state index contributed by atoms with van der Waals surface area (Å²) in [5.74, 6) is 0.453. The number of para-hydroxylation sites is 5. The van der Waals surface area contributed by atoms with Gasteiger partial charge in [0.25, 0.3) is 0 Å². The quantitative estimate of drug-likeness (QED) is 0.152. The monoisotopic (exact) mass is 990 g/mol. The van der Waals surface area contributed by atoms with Crippen LogP contribution in [0.15, 0.2) is 259 Å². The molecule has 0 spiro atoms. The topological polar surface area (TPSA) is 56.7 Å². The highest BCUT2D eigenvalue weighted by atomic mass is 32.1. The SMILES string of the molecule is [2H]c1cc([2H])c2c(c1[2H])c1c([2H])c([2H])c([2H])c([2H])c1n2-c1ccccc1-c1nc(-c2ccc(-c3c([2H])c([2H])c(-c4c([2H])c([2H])c([2H])c([2H])c4[2H])c([2H])c3[2H])cc2)nc(-c2cccc(-c3cccc4c3sc3ccc(-c5cccc6c5oc5ccccc56)cc34)c2)n1. The molecule has 4 heterocycles. The number of benzene rings is 11. The van der Waals surface area contributed by atoms with E-state index in [1.54, 1.807) is 59.9 Å². The van der Waals surface area contributed by atoms with Crippen molar-refractivity contribution in [2.24, 2.45) is 0 Å². The molecule has 4 aromatic heterocycles. The molecule has 11 aromatic carbocycles. The predicted octanol–water partition coefficient (Wildman–Crippen LogP) is 18.9. The predicted molar refractivity (Wildman–Crippen MR) is 312 cm³/mol. The molecule has 0 unspecified atom stereocenters.